The molecule has 0 aromatic carbocycles. The number of hydrogen-bond acceptors (Lipinski definition) is 4. The van der Waals surface area contributed by atoms with Gasteiger partial charge in [-0.1, -0.05) is 19.9 Å². The Bertz CT molecular complexity index is 766. The predicted molar refractivity (Wildman–Crippen MR) is 81.4 cm³/mol. The Morgan fingerprint density at radius 3 is 2.86 bits per heavy atom. The van der Waals surface area contributed by atoms with Crippen molar-refractivity contribution in [3.8, 4) is 0 Å². The summed E-state index contributed by atoms with van der Waals surface area (Å²) in [6.07, 6.45) is 3.47. The number of sulfonamides is 1. The molecule has 0 aliphatic carbocycles. The van der Waals surface area contributed by atoms with Gasteiger partial charge in [0.15, 0.2) is 10.8 Å². The van der Waals surface area contributed by atoms with Gasteiger partial charge in [-0.2, -0.15) is 4.31 Å². The Kier molecular flexibility index (Phi) is 3.41. The minimum atomic E-state index is -3.64. The first-order valence-corrected chi connectivity index (χ1v) is 8.61. The van der Waals surface area contributed by atoms with Gasteiger partial charge in [-0.05, 0) is 30.9 Å². The molecule has 1 aliphatic heterocycles. The standard InChI is InChI=1S/C14H20N4O2S/c1-10(2)11-6-5-9-18(11)21(19,20)14-13(15)16-12-7-3-4-8-17(12)14/h3-4,7-8,10-11H,5-6,9,15H2,1-2H3. The van der Waals surface area contributed by atoms with Gasteiger partial charge in [0, 0.05) is 18.8 Å². The fraction of sp³-hybridized carbons (Fsp3) is 0.500. The van der Waals surface area contributed by atoms with Crippen LogP contribution in [0.1, 0.15) is 26.7 Å². The van der Waals surface area contributed by atoms with E-state index in [4.69, 9.17) is 5.73 Å². The van der Waals surface area contributed by atoms with Gasteiger partial charge in [-0.25, -0.2) is 13.4 Å². The summed E-state index contributed by atoms with van der Waals surface area (Å²) in [7, 11) is -3.64. The Labute approximate surface area is 124 Å². The summed E-state index contributed by atoms with van der Waals surface area (Å²) in [5.41, 5.74) is 6.44. The Hall–Kier alpha value is -1.60. The van der Waals surface area contributed by atoms with E-state index in [2.05, 4.69) is 18.8 Å². The molecular formula is C14H20N4O2S. The summed E-state index contributed by atoms with van der Waals surface area (Å²) < 4.78 is 29.2. The van der Waals surface area contributed by atoms with Crippen molar-refractivity contribution in [2.24, 2.45) is 5.92 Å². The minimum Gasteiger partial charge on any atom is -0.381 e. The van der Waals surface area contributed by atoms with Gasteiger partial charge in [-0.15, -0.1) is 0 Å². The largest absolute Gasteiger partial charge is 0.381 e. The maximum absolute atomic E-state index is 13.0. The van der Waals surface area contributed by atoms with Crippen molar-refractivity contribution in [3.63, 3.8) is 0 Å². The zero-order chi connectivity index (χ0) is 15.2. The molecule has 1 atom stereocenters. The van der Waals surface area contributed by atoms with Crippen LogP contribution in [0.4, 0.5) is 5.82 Å². The number of nitrogens with two attached hydrogens (primary N) is 1. The van der Waals surface area contributed by atoms with Gasteiger partial charge in [-0.3, -0.25) is 4.40 Å². The number of fused-ring (bicyclic) bond motifs is 1. The molecule has 2 N–H and O–H groups in total. The van der Waals surface area contributed by atoms with Gasteiger partial charge < -0.3 is 5.73 Å². The van der Waals surface area contributed by atoms with Crippen molar-refractivity contribution in [2.45, 2.75) is 37.8 Å². The predicted octanol–water partition coefficient (Wildman–Crippen LogP) is 1.73. The molecule has 1 saturated heterocycles. The first-order valence-electron chi connectivity index (χ1n) is 7.17. The van der Waals surface area contributed by atoms with E-state index in [-0.39, 0.29) is 22.8 Å². The molecule has 7 heteroatoms. The Morgan fingerprint density at radius 1 is 1.38 bits per heavy atom. The molecule has 2 aromatic rings. The molecule has 1 unspecified atom stereocenters. The van der Waals surface area contributed by atoms with Crippen LogP contribution in [0, 0.1) is 5.92 Å². The topological polar surface area (TPSA) is 80.7 Å². The molecule has 21 heavy (non-hydrogen) atoms. The molecule has 0 amide bonds. The monoisotopic (exact) mass is 308 g/mol. The van der Waals surface area contributed by atoms with E-state index in [1.807, 2.05) is 6.07 Å². The molecule has 3 heterocycles. The van der Waals surface area contributed by atoms with Crippen LogP contribution in [0.5, 0.6) is 0 Å². The van der Waals surface area contributed by atoms with Crippen LogP contribution in [0.3, 0.4) is 0 Å². The van der Waals surface area contributed by atoms with E-state index < -0.39 is 10.0 Å². The summed E-state index contributed by atoms with van der Waals surface area (Å²) in [6, 6.07) is 5.37. The third kappa shape index (κ3) is 2.20. The Balaban J connectivity index is 2.15. The zero-order valence-electron chi connectivity index (χ0n) is 12.2. The summed E-state index contributed by atoms with van der Waals surface area (Å²) in [5, 5.41) is 0.0886. The maximum atomic E-state index is 13.0. The highest BCUT2D eigenvalue weighted by molar-refractivity contribution is 7.89. The SMILES string of the molecule is CC(C)C1CCCN1S(=O)(=O)c1c(N)nc2ccccn12. The van der Waals surface area contributed by atoms with E-state index in [9.17, 15) is 8.42 Å². The summed E-state index contributed by atoms with van der Waals surface area (Å²) in [6.45, 7) is 4.65. The second-order valence-electron chi connectivity index (χ2n) is 5.80. The van der Waals surface area contributed by atoms with Crippen LogP contribution in [-0.4, -0.2) is 34.7 Å². The van der Waals surface area contributed by atoms with E-state index in [1.165, 1.54) is 0 Å². The van der Waals surface area contributed by atoms with Crippen LogP contribution in [-0.2, 0) is 10.0 Å². The molecule has 1 aliphatic rings. The number of anilines is 1. The van der Waals surface area contributed by atoms with Crippen LogP contribution in [0.15, 0.2) is 29.4 Å². The van der Waals surface area contributed by atoms with Crippen molar-refractivity contribution in [2.75, 3.05) is 12.3 Å². The number of rotatable bonds is 3. The molecule has 0 saturated carbocycles. The van der Waals surface area contributed by atoms with E-state index >= 15 is 0 Å². The second-order valence-corrected chi connectivity index (χ2v) is 7.61. The lowest BCUT2D eigenvalue weighted by molar-refractivity contribution is 0.315. The molecular weight excluding hydrogens is 288 g/mol. The molecule has 0 radical (unpaired) electrons. The van der Waals surface area contributed by atoms with Crippen molar-refractivity contribution in [3.05, 3.63) is 24.4 Å². The number of hydrogen-bond donors (Lipinski definition) is 1. The first kappa shape index (κ1) is 14.3. The molecule has 1 fully saturated rings. The van der Waals surface area contributed by atoms with E-state index in [0.717, 1.165) is 12.8 Å². The fourth-order valence-electron chi connectivity index (χ4n) is 3.09. The maximum Gasteiger partial charge on any atom is 0.263 e. The highest BCUT2D eigenvalue weighted by atomic mass is 32.2. The quantitative estimate of drug-likeness (QED) is 0.936. The minimum absolute atomic E-state index is 0.0312. The van der Waals surface area contributed by atoms with Crippen molar-refractivity contribution in [1.82, 2.24) is 13.7 Å². The lowest BCUT2D eigenvalue weighted by Gasteiger charge is -2.26. The Morgan fingerprint density at radius 2 is 2.14 bits per heavy atom. The fourth-order valence-corrected chi connectivity index (χ4v) is 5.10. The van der Waals surface area contributed by atoms with Gasteiger partial charge >= 0.3 is 0 Å². The number of imidazole rings is 1. The summed E-state index contributed by atoms with van der Waals surface area (Å²) in [4.78, 5) is 4.16. The first-order chi connectivity index (χ1) is 9.93. The third-order valence-corrected chi connectivity index (χ3v) is 6.05. The van der Waals surface area contributed by atoms with Crippen molar-refractivity contribution >= 4 is 21.5 Å². The third-order valence-electron chi connectivity index (χ3n) is 4.08. The van der Waals surface area contributed by atoms with Crippen molar-refractivity contribution < 1.29 is 8.42 Å². The normalized spacial score (nSPS) is 20.6. The van der Waals surface area contributed by atoms with Crippen LogP contribution in [0.25, 0.3) is 5.65 Å². The van der Waals surface area contributed by atoms with E-state index in [1.54, 1.807) is 27.0 Å². The van der Waals surface area contributed by atoms with Crippen LogP contribution in [0.2, 0.25) is 0 Å². The molecule has 6 nitrogen and oxygen atoms in total. The van der Waals surface area contributed by atoms with Gasteiger partial charge in [0.1, 0.15) is 5.65 Å². The van der Waals surface area contributed by atoms with Crippen LogP contribution >= 0.6 is 0 Å². The average Bonchev–Trinajstić information content (AvgIpc) is 3.01. The second kappa shape index (κ2) is 4.99. The lowest BCUT2D eigenvalue weighted by atomic mass is 10.0. The van der Waals surface area contributed by atoms with Gasteiger partial charge in [0.2, 0.25) is 0 Å². The summed E-state index contributed by atoms with van der Waals surface area (Å²) >= 11 is 0. The summed E-state index contributed by atoms with van der Waals surface area (Å²) in [5.74, 6) is 0.346. The van der Waals surface area contributed by atoms with E-state index in [0.29, 0.717) is 12.2 Å². The van der Waals surface area contributed by atoms with Gasteiger partial charge in [0.25, 0.3) is 10.0 Å². The molecule has 3 rings (SSSR count). The number of nitrogens with zero attached hydrogens (tertiary/aromatic N) is 3. The smallest absolute Gasteiger partial charge is 0.263 e. The highest BCUT2D eigenvalue weighted by Gasteiger charge is 2.39. The molecule has 0 spiro atoms. The van der Waals surface area contributed by atoms with Crippen LogP contribution < -0.4 is 5.73 Å². The molecule has 0 bridgehead atoms. The molecule has 2 aromatic heterocycles. The average molecular weight is 308 g/mol. The molecule has 114 valence electrons. The number of aromatic nitrogens is 2. The zero-order valence-corrected chi connectivity index (χ0v) is 13.0. The number of pyridine rings is 1. The van der Waals surface area contributed by atoms with Gasteiger partial charge in [0.05, 0.1) is 0 Å². The van der Waals surface area contributed by atoms with Crippen molar-refractivity contribution in [1.29, 1.82) is 0 Å². The lowest BCUT2D eigenvalue weighted by Crippen LogP contribution is -2.39. The highest BCUT2D eigenvalue weighted by Crippen LogP contribution is 2.32. The number of nitrogen functional groups attached to an aromatic ring is 1.